The molecule has 0 aliphatic rings. The summed E-state index contributed by atoms with van der Waals surface area (Å²) in [6, 6.07) is 4.68. The zero-order valence-corrected chi connectivity index (χ0v) is 17.4. The second-order valence-electron chi connectivity index (χ2n) is 7.44. The minimum Gasteiger partial charge on any atom is -0.480 e. The van der Waals surface area contributed by atoms with Gasteiger partial charge in [0.25, 0.3) is 0 Å². The number of nitrogens with one attached hydrogen (secondary N) is 3. The quantitative estimate of drug-likeness (QED) is 0.319. The Labute approximate surface area is 175 Å². The zero-order valence-electron chi connectivity index (χ0n) is 16.5. The van der Waals surface area contributed by atoms with Gasteiger partial charge in [-0.3, -0.25) is 9.59 Å². The zero-order chi connectivity index (χ0) is 21.6. The molecule has 0 spiro atoms. The number of carboxylic acids is 1. The number of thiol groups is 1. The summed E-state index contributed by atoms with van der Waals surface area (Å²) in [4.78, 5) is 39.8. The van der Waals surface area contributed by atoms with Crippen LogP contribution in [-0.2, 0) is 20.8 Å². The van der Waals surface area contributed by atoms with Crippen molar-refractivity contribution in [1.82, 2.24) is 15.6 Å². The van der Waals surface area contributed by atoms with Gasteiger partial charge in [-0.2, -0.15) is 12.6 Å². The second kappa shape index (κ2) is 10.3. The molecule has 3 atom stereocenters. The molecule has 9 heteroatoms. The Morgan fingerprint density at radius 1 is 1.14 bits per heavy atom. The largest absolute Gasteiger partial charge is 0.480 e. The number of hydrogen-bond acceptors (Lipinski definition) is 5. The molecule has 0 saturated heterocycles. The van der Waals surface area contributed by atoms with Gasteiger partial charge < -0.3 is 26.5 Å². The normalized spacial score (nSPS) is 14.4. The molecule has 0 unspecified atom stereocenters. The molecular formula is C20H28N4O4S. The molecule has 29 heavy (non-hydrogen) atoms. The molecule has 0 aliphatic carbocycles. The molecule has 2 aromatic rings. The first kappa shape index (κ1) is 22.8. The lowest BCUT2D eigenvalue weighted by molar-refractivity contribution is -0.142. The molecule has 158 valence electrons. The minimum absolute atomic E-state index is 0.107. The number of aliphatic carboxylic acids is 1. The van der Waals surface area contributed by atoms with Crippen molar-refractivity contribution in [3.05, 3.63) is 36.0 Å². The van der Waals surface area contributed by atoms with E-state index in [4.69, 9.17) is 5.73 Å². The topological polar surface area (TPSA) is 137 Å². The third-order valence-electron chi connectivity index (χ3n) is 4.59. The molecule has 0 saturated carbocycles. The highest BCUT2D eigenvalue weighted by Crippen LogP contribution is 2.19. The Balaban J connectivity index is 2.14. The van der Waals surface area contributed by atoms with Crippen molar-refractivity contribution in [3.63, 3.8) is 0 Å². The summed E-state index contributed by atoms with van der Waals surface area (Å²) in [5.74, 6) is -1.95. The predicted molar refractivity (Wildman–Crippen MR) is 115 cm³/mol. The first-order valence-electron chi connectivity index (χ1n) is 9.47. The Kier molecular flexibility index (Phi) is 8.10. The fourth-order valence-corrected chi connectivity index (χ4v) is 3.22. The van der Waals surface area contributed by atoms with Crippen LogP contribution in [0, 0.1) is 5.92 Å². The van der Waals surface area contributed by atoms with Gasteiger partial charge in [0.2, 0.25) is 11.8 Å². The molecule has 8 nitrogen and oxygen atoms in total. The van der Waals surface area contributed by atoms with Crippen molar-refractivity contribution in [2.45, 2.75) is 44.8 Å². The van der Waals surface area contributed by atoms with Gasteiger partial charge >= 0.3 is 5.97 Å². The number of carbonyl (C=O) groups is 3. The lowest BCUT2D eigenvalue weighted by atomic mass is 10.0. The Morgan fingerprint density at radius 2 is 1.79 bits per heavy atom. The summed E-state index contributed by atoms with van der Waals surface area (Å²) in [7, 11) is 0. The van der Waals surface area contributed by atoms with E-state index in [1.165, 1.54) is 0 Å². The van der Waals surface area contributed by atoms with Crippen LogP contribution in [0.15, 0.2) is 30.5 Å². The molecule has 6 N–H and O–H groups in total. The summed E-state index contributed by atoms with van der Waals surface area (Å²) in [6.07, 6.45) is 2.21. The van der Waals surface area contributed by atoms with Crippen molar-refractivity contribution in [2.75, 3.05) is 5.75 Å². The van der Waals surface area contributed by atoms with Gasteiger partial charge in [0.15, 0.2) is 0 Å². The number of carbonyl (C=O) groups excluding carboxylic acids is 2. The van der Waals surface area contributed by atoms with Crippen LogP contribution < -0.4 is 16.4 Å². The van der Waals surface area contributed by atoms with Crippen molar-refractivity contribution < 1.29 is 19.5 Å². The van der Waals surface area contributed by atoms with E-state index in [-0.39, 0.29) is 18.1 Å². The molecule has 1 aromatic heterocycles. The maximum absolute atomic E-state index is 12.8. The van der Waals surface area contributed by atoms with Gasteiger partial charge in [-0.25, -0.2) is 4.79 Å². The highest BCUT2D eigenvalue weighted by molar-refractivity contribution is 7.80. The van der Waals surface area contributed by atoms with Gasteiger partial charge in [-0.15, -0.1) is 0 Å². The fraction of sp³-hybridized carbons (Fsp3) is 0.450. The molecule has 1 aromatic carbocycles. The van der Waals surface area contributed by atoms with Crippen LogP contribution in [0.3, 0.4) is 0 Å². The van der Waals surface area contributed by atoms with Crippen molar-refractivity contribution in [1.29, 1.82) is 0 Å². The lowest BCUT2D eigenvalue weighted by Gasteiger charge is -2.23. The average molecular weight is 421 g/mol. The Bertz CT molecular complexity index is 867. The smallest absolute Gasteiger partial charge is 0.326 e. The van der Waals surface area contributed by atoms with Crippen LogP contribution in [0.2, 0.25) is 0 Å². The molecule has 2 amide bonds. The summed E-state index contributed by atoms with van der Waals surface area (Å²) >= 11 is 3.99. The third-order valence-corrected chi connectivity index (χ3v) is 4.98. The van der Waals surface area contributed by atoms with Crippen LogP contribution in [0.25, 0.3) is 10.9 Å². The standard InChI is InChI=1S/C20H28N4O4S/c1-11(2)7-16(23-18(25)14(21)10-29)19(26)24-17(20(27)28)8-12-9-22-15-6-4-3-5-13(12)15/h3-6,9,11,14,16-17,22,29H,7-8,10,21H2,1-2H3,(H,23,25)(H,24,26)(H,27,28)/t14-,16-,17-/m0/s1. The van der Waals surface area contributed by atoms with Crippen molar-refractivity contribution in [3.8, 4) is 0 Å². The SMILES string of the molecule is CC(C)C[C@H](NC(=O)[C@@H](N)CS)C(=O)N[C@@H](Cc1c[nH]c2ccccc12)C(=O)O. The number of nitrogens with two attached hydrogens (primary N) is 1. The van der Waals surface area contributed by atoms with E-state index in [2.05, 4.69) is 28.2 Å². The Hall–Kier alpha value is -2.52. The highest BCUT2D eigenvalue weighted by Gasteiger charge is 2.28. The van der Waals surface area contributed by atoms with Gasteiger partial charge in [-0.05, 0) is 24.0 Å². The van der Waals surface area contributed by atoms with Crippen LogP contribution in [0.5, 0.6) is 0 Å². The van der Waals surface area contributed by atoms with E-state index in [1.54, 1.807) is 6.20 Å². The maximum atomic E-state index is 12.8. The van der Waals surface area contributed by atoms with Crippen LogP contribution in [0.4, 0.5) is 0 Å². The molecular weight excluding hydrogens is 392 g/mol. The number of carboxylic acid groups (broad SMARTS) is 1. The molecule has 0 aliphatic heterocycles. The van der Waals surface area contributed by atoms with Crippen molar-refractivity contribution in [2.24, 2.45) is 11.7 Å². The summed E-state index contributed by atoms with van der Waals surface area (Å²) in [6.45, 7) is 3.82. The number of aromatic amines is 1. The number of amides is 2. The molecule has 0 bridgehead atoms. The maximum Gasteiger partial charge on any atom is 0.326 e. The predicted octanol–water partition coefficient (Wildman–Crippen LogP) is 1.07. The summed E-state index contributed by atoms with van der Waals surface area (Å²) in [5, 5.41) is 15.7. The van der Waals surface area contributed by atoms with E-state index < -0.39 is 35.9 Å². The van der Waals surface area contributed by atoms with Crippen LogP contribution >= 0.6 is 12.6 Å². The number of fused-ring (bicyclic) bond motifs is 1. The van der Waals surface area contributed by atoms with Crippen molar-refractivity contribution >= 4 is 41.3 Å². The number of H-pyrrole nitrogens is 1. The van der Waals surface area contributed by atoms with E-state index in [0.717, 1.165) is 16.5 Å². The van der Waals surface area contributed by atoms with E-state index in [9.17, 15) is 19.5 Å². The summed E-state index contributed by atoms with van der Waals surface area (Å²) in [5.41, 5.74) is 7.35. The second-order valence-corrected chi connectivity index (χ2v) is 7.81. The average Bonchev–Trinajstić information content (AvgIpc) is 3.08. The van der Waals surface area contributed by atoms with Gasteiger partial charge in [0.05, 0.1) is 6.04 Å². The van der Waals surface area contributed by atoms with E-state index in [0.29, 0.717) is 6.42 Å². The van der Waals surface area contributed by atoms with Gasteiger partial charge in [-0.1, -0.05) is 32.0 Å². The van der Waals surface area contributed by atoms with E-state index >= 15 is 0 Å². The fourth-order valence-electron chi connectivity index (χ4n) is 3.06. The minimum atomic E-state index is -1.15. The first-order valence-corrected chi connectivity index (χ1v) is 10.1. The number of para-hydroxylation sites is 1. The van der Waals surface area contributed by atoms with Crippen LogP contribution in [0.1, 0.15) is 25.8 Å². The van der Waals surface area contributed by atoms with Gasteiger partial charge in [0.1, 0.15) is 12.1 Å². The third kappa shape index (κ3) is 6.23. The van der Waals surface area contributed by atoms with Gasteiger partial charge in [0, 0.05) is 29.3 Å². The molecule has 2 rings (SSSR count). The number of hydrogen-bond donors (Lipinski definition) is 6. The molecule has 0 fully saturated rings. The summed E-state index contributed by atoms with van der Waals surface area (Å²) < 4.78 is 0. The number of rotatable bonds is 10. The highest BCUT2D eigenvalue weighted by atomic mass is 32.1. The monoisotopic (exact) mass is 420 g/mol. The van der Waals surface area contributed by atoms with Crippen LogP contribution in [-0.4, -0.2) is 51.8 Å². The number of aromatic nitrogens is 1. The lowest BCUT2D eigenvalue weighted by Crippen LogP contribution is -2.55. The Morgan fingerprint density at radius 3 is 2.41 bits per heavy atom. The first-order chi connectivity index (χ1) is 13.7. The van der Waals surface area contributed by atoms with E-state index in [1.807, 2.05) is 38.1 Å². The molecule has 0 radical (unpaired) electrons. The molecule has 1 heterocycles. The number of benzene rings is 1.